The van der Waals surface area contributed by atoms with Gasteiger partial charge in [-0.2, -0.15) is 4.58 Å². The molecule has 1 aromatic rings. The van der Waals surface area contributed by atoms with E-state index >= 15 is 0 Å². The van der Waals surface area contributed by atoms with Crippen LogP contribution in [0.1, 0.15) is 30.5 Å². The monoisotopic (exact) mass is 218 g/mol. The average molecular weight is 218 g/mol. The van der Waals surface area contributed by atoms with Gasteiger partial charge in [-0.25, -0.2) is 0 Å². The maximum atomic E-state index is 5.82. The second kappa shape index (κ2) is 3.62. The molecule has 0 aliphatic carbocycles. The Bertz CT molecular complexity index is 438. The molecule has 0 unspecified atom stereocenters. The molecular weight excluding hydrogens is 198 g/mol. The zero-order valence-electron chi connectivity index (χ0n) is 10.8. The van der Waals surface area contributed by atoms with Gasteiger partial charge in [0.1, 0.15) is 7.05 Å². The molecule has 86 valence electrons. The molecule has 1 aliphatic rings. The lowest BCUT2D eigenvalue weighted by molar-refractivity contribution is -0.562. The Morgan fingerprint density at radius 2 is 1.69 bits per heavy atom. The van der Waals surface area contributed by atoms with Crippen molar-refractivity contribution in [3.05, 3.63) is 34.9 Å². The topological polar surface area (TPSA) is 12.2 Å². The Morgan fingerprint density at radius 1 is 1.12 bits per heavy atom. The summed E-state index contributed by atoms with van der Waals surface area (Å²) in [6.07, 6.45) is 0. The van der Waals surface area contributed by atoms with Gasteiger partial charge in [0.25, 0.3) is 0 Å². The van der Waals surface area contributed by atoms with Gasteiger partial charge in [-0.1, -0.05) is 6.07 Å². The highest BCUT2D eigenvalue weighted by Gasteiger charge is 2.40. The highest BCUT2D eigenvalue weighted by molar-refractivity contribution is 5.91. The summed E-state index contributed by atoms with van der Waals surface area (Å²) in [6.45, 7) is 9.39. The normalized spacial score (nSPS) is 18.8. The predicted octanol–water partition coefficient (Wildman–Crippen LogP) is 2.50. The maximum absolute atomic E-state index is 5.82. The fourth-order valence-corrected chi connectivity index (χ4v) is 2.09. The molecule has 0 radical (unpaired) electrons. The molecule has 2 rings (SSSR count). The van der Waals surface area contributed by atoms with E-state index in [9.17, 15) is 0 Å². The van der Waals surface area contributed by atoms with Crippen LogP contribution in [0.15, 0.2) is 18.2 Å². The Labute approximate surface area is 97.6 Å². The lowest BCUT2D eigenvalue weighted by Crippen LogP contribution is -2.33. The Balaban J connectivity index is 2.50. The summed E-state index contributed by atoms with van der Waals surface area (Å²) in [7, 11) is 2.10. The first-order valence-corrected chi connectivity index (χ1v) is 5.72. The van der Waals surface area contributed by atoms with Crippen LogP contribution >= 0.6 is 0 Å². The van der Waals surface area contributed by atoms with Gasteiger partial charge in [-0.15, -0.1) is 0 Å². The van der Waals surface area contributed by atoms with E-state index in [1.807, 2.05) is 0 Å². The van der Waals surface area contributed by atoms with E-state index in [2.05, 4.69) is 57.5 Å². The smallest absolute Gasteiger partial charge is 0.370 e. The minimum absolute atomic E-state index is 0.0903. The fourth-order valence-electron chi connectivity index (χ4n) is 2.09. The van der Waals surface area contributed by atoms with E-state index in [4.69, 9.17) is 4.74 Å². The Morgan fingerprint density at radius 3 is 2.12 bits per heavy atom. The van der Waals surface area contributed by atoms with Crippen LogP contribution in [0.3, 0.4) is 0 Å². The standard InChI is InChI=1S/C14H20NO/c1-10-6-11(2)8-12(7-10)13-15(5)14(3,4)9-16-13/h6-8H,9H2,1-5H3/q+1. The number of aryl methyl sites for hydroxylation is 2. The first kappa shape index (κ1) is 11.2. The van der Waals surface area contributed by atoms with Crippen molar-refractivity contribution >= 4 is 5.90 Å². The van der Waals surface area contributed by atoms with E-state index in [0.29, 0.717) is 0 Å². The maximum Gasteiger partial charge on any atom is 0.370 e. The number of ether oxygens (including phenoxy) is 1. The number of hydrogen-bond acceptors (Lipinski definition) is 1. The molecule has 2 nitrogen and oxygen atoms in total. The van der Waals surface area contributed by atoms with Gasteiger partial charge in [0.05, 0.1) is 5.56 Å². The molecule has 0 atom stereocenters. The minimum Gasteiger partial charge on any atom is -0.437 e. The van der Waals surface area contributed by atoms with Gasteiger partial charge >= 0.3 is 5.90 Å². The molecule has 0 saturated heterocycles. The van der Waals surface area contributed by atoms with Gasteiger partial charge in [-0.05, 0) is 37.1 Å². The van der Waals surface area contributed by atoms with Gasteiger partial charge in [-0.3, -0.25) is 0 Å². The van der Waals surface area contributed by atoms with Crippen molar-refractivity contribution < 1.29 is 9.31 Å². The molecule has 0 aromatic heterocycles. The summed E-state index contributed by atoms with van der Waals surface area (Å²) in [6, 6.07) is 6.55. The van der Waals surface area contributed by atoms with Crippen LogP contribution in [-0.4, -0.2) is 29.7 Å². The van der Waals surface area contributed by atoms with E-state index in [1.165, 1.54) is 16.7 Å². The number of benzene rings is 1. The van der Waals surface area contributed by atoms with Crippen LogP contribution in [0.25, 0.3) is 0 Å². The second-order valence-corrected chi connectivity index (χ2v) is 5.34. The summed E-state index contributed by atoms with van der Waals surface area (Å²) < 4.78 is 8.04. The van der Waals surface area contributed by atoms with Crippen LogP contribution in [0.5, 0.6) is 0 Å². The number of likely N-dealkylation sites (N-methyl/N-ethyl adjacent to an activating group) is 1. The zero-order chi connectivity index (χ0) is 11.9. The van der Waals surface area contributed by atoms with E-state index < -0.39 is 0 Å². The summed E-state index contributed by atoms with van der Waals surface area (Å²) >= 11 is 0. The van der Waals surface area contributed by atoms with Crippen molar-refractivity contribution in [2.45, 2.75) is 33.2 Å². The summed E-state index contributed by atoms with van der Waals surface area (Å²) in [5.74, 6) is 0.997. The molecule has 0 fully saturated rings. The van der Waals surface area contributed by atoms with E-state index in [1.54, 1.807) is 0 Å². The number of nitrogens with zero attached hydrogens (tertiary/aromatic N) is 1. The lowest BCUT2D eigenvalue weighted by Gasteiger charge is -2.09. The minimum atomic E-state index is 0.0903. The van der Waals surface area contributed by atoms with Crippen molar-refractivity contribution in [1.82, 2.24) is 0 Å². The van der Waals surface area contributed by atoms with Crippen LogP contribution in [0, 0.1) is 13.8 Å². The molecule has 1 aliphatic heterocycles. The first-order valence-electron chi connectivity index (χ1n) is 5.72. The van der Waals surface area contributed by atoms with Crippen LogP contribution in [0.2, 0.25) is 0 Å². The van der Waals surface area contributed by atoms with Gasteiger partial charge in [0, 0.05) is 13.8 Å². The highest BCUT2D eigenvalue weighted by Crippen LogP contribution is 2.20. The average Bonchev–Trinajstić information content (AvgIpc) is 2.40. The van der Waals surface area contributed by atoms with Gasteiger partial charge < -0.3 is 4.74 Å². The largest absolute Gasteiger partial charge is 0.437 e. The van der Waals surface area contributed by atoms with Gasteiger partial charge in [0.2, 0.25) is 0 Å². The predicted molar refractivity (Wildman–Crippen MR) is 66.2 cm³/mol. The quantitative estimate of drug-likeness (QED) is 0.660. The molecule has 0 N–H and O–H groups in total. The first-order chi connectivity index (χ1) is 7.40. The SMILES string of the molecule is Cc1cc(C)cc(C2=[N+](C)C(C)(C)CO2)c1. The summed E-state index contributed by atoms with van der Waals surface area (Å²) in [4.78, 5) is 0. The fraction of sp³-hybridized carbons (Fsp3) is 0.500. The number of rotatable bonds is 1. The molecule has 0 bridgehead atoms. The lowest BCUT2D eigenvalue weighted by atomic mass is 10.1. The van der Waals surface area contributed by atoms with Crippen LogP contribution < -0.4 is 0 Å². The molecule has 0 saturated carbocycles. The molecule has 16 heavy (non-hydrogen) atoms. The van der Waals surface area contributed by atoms with E-state index in [0.717, 1.165) is 12.5 Å². The molecule has 1 aromatic carbocycles. The third-order valence-electron chi connectivity index (χ3n) is 3.24. The van der Waals surface area contributed by atoms with Crippen LogP contribution in [-0.2, 0) is 4.74 Å². The molecule has 1 heterocycles. The van der Waals surface area contributed by atoms with Gasteiger partial charge in [0.15, 0.2) is 12.1 Å². The van der Waals surface area contributed by atoms with E-state index in [-0.39, 0.29) is 5.54 Å². The summed E-state index contributed by atoms with van der Waals surface area (Å²) in [5, 5.41) is 0. The molecule has 0 amide bonds. The van der Waals surface area contributed by atoms with Crippen molar-refractivity contribution in [1.29, 1.82) is 0 Å². The third-order valence-corrected chi connectivity index (χ3v) is 3.24. The van der Waals surface area contributed by atoms with Crippen molar-refractivity contribution in [3.63, 3.8) is 0 Å². The second-order valence-electron chi connectivity index (χ2n) is 5.34. The zero-order valence-corrected chi connectivity index (χ0v) is 10.8. The number of hydrogen-bond donors (Lipinski definition) is 0. The molecular formula is C14H20NO+. The Kier molecular flexibility index (Phi) is 2.53. The van der Waals surface area contributed by atoms with Crippen molar-refractivity contribution in [2.75, 3.05) is 13.7 Å². The van der Waals surface area contributed by atoms with Crippen LogP contribution in [0.4, 0.5) is 0 Å². The summed E-state index contributed by atoms with van der Waals surface area (Å²) in [5.41, 5.74) is 3.84. The highest BCUT2D eigenvalue weighted by atomic mass is 16.5. The van der Waals surface area contributed by atoms with Crippen molar-refractivity contribution in [2.24, 2.45) is 0 Å². The Hall–Kier alpha value is -1.31. The molecule has 2 heteroatoms. The third kappa shape index (κ3) is 1.84. The molecule has 0 spiro atoms. The van der Waals surface area contributed by atoms with Crippen molar-refractivity contribution in [3.8, 4) is 0 Å².